The number of likely N-dealkylation sites (tertiary alicyclic amines) is 3. The molecule has 0 radical (unpaired) electrons. The van der Waals surface area contributed by atoms with Crippen LogP contribution in [0.25, 0.3) is 0 Å². The number of fused-ring (bicyclic) bond motifs is 1. The average molecular weight is 342 g/mol. The number of piperidine rings is 3. The number of likely N-dealkylation sites (N-methyl/N-ethyl adjacent to an activating group) is 1. The Labute approximate surface area is 154 Å². The minimum atomic E-state index is 0.615. The summed E-state index contributed by atoms with van der Waals surface area (Å²) in [6.45, 7) is 13.0. The Morgan fingerprint density at radius 2 is 1.76 bits per heavy atom. The lowest BCUT2D eigenvalue weighted by Gasteiger charge is -2.50. The zero-order valence-corrected chi connectivity index (χ0v) is 16.1. The van der Waals surface area contributed by atoms with Crippen LogP contribution < -0.4 is 0 Å². The van der Waals surface area contributed by atoms with Crippen LogP contribution in [0.4, 0.5) is 0 Å². The summed E-state index contributed by atoms with van der Waals surface area (Å²) in [4.78, 5) is 7.59. The van der Waals surface area contributed by atoms with Crippen LogP contribution in [0.15, 0.2) is 30.4 Å². The molecule has 4 rings (SSSR count). The maximum atomic E-state index is 4.27. The second kappa shape index (κ2) is 6.76. The van der Waals surface area contributed by atoms with Crippen LogP contribution in [-0.2, 0) is 0 Å². The molecular formula is C22H35N3. The van der Waals surface area contributed by atoms with Gasteiger partial charge in [-0.1, -0.05) is 31.7 Å². The summed E-state index contributed by atoms with van der Waals surface area (Å²) < 4.78 is 0. The molecule has 0 N–H and O–H groups in total. The van der Waals surface area contributed by atoms with E-state index in [1.807, 2.05) is 0 Å². The van der Waals surface area contributed by atoms with Gasteiger partial charge in [0.2, 0.25) is 0 Å². The highest BCUT2D eigenvalue weighted by atomic mass is 15.4. The van der Waals surface area contributed by atoms with E-state index in [4.69, 9.17) is 0 Å². The van der Waals surface area contributed by atoms with Crippen molar-refractivity contribution >= 4 is 0 Å². The highest BCUT2D eigenvalue weighted by Crippen LogP contribution is 2.46. The summed E-state index contributed by atoms with van der Waals surface area (Å²) in [6.07, 6.45) is 12.4. The van der Waals surface area contributed by atoms with E-state index in [0.717, 1.165) is 12.5 Å². The summed E-state index contributed by atoms with van der Waals surface area (Å²) in [5.74, 6) is 2.11. The van der Waals surface area contributed by atoms with E-state index in [1.165, 1.54) is 88.9 Å². The molecule has 0 amide bonds. The first-order chi connectivity index (χ1) is 12.1. The first-order valence-electron chi connectivity index (χ1n) is 10.4. The normalized spacial score (nSPS) is 31.9. The van der Waals surface area contributed by atoms with E-state index >= 15 is 0 Å². The predicted octanol–water partition coefficient (Wildman–Crippen LogP) is 4.20. The minimum absolute atomic E-state index is 0.615. The molecule has 25 heavy (non-hydrogen) atoms. The molecule has 1 aliphatic carbocycles. The minimum Gasteiger partial charge on any atom is -0.373 e. The van der Waals surface area contributed by atoms with Crippen LogP contribution in [0.5, 0.6) is 0 Å². The van der Waals surface area contributed by atoms with Crippen LogP contribution in [0.1, 0.15) is 57.8 Å². The summed E-state index contributed by atoms with van der Waals surface area (Å²) in [6, 6.07) is 0.615. The van der Waals surface area contributed by atoms with Crippen molar-refractivity contribution in [3.63, 3.8) is 0 Å². The van der Waals surface area contributed by atoms with Gasteiger partial charge < -0.3 is 14.7 Å². The highest BCUT2D eigenvalue weighted by molar-refractivity contribution is 5.09. The summed E-state index contributed by atoms with van der Waals surface area (Å²) in [7, 11) is 2.24. The van der Waals surface area contributed by atoms with Crippen molar-refractivity contribution in [2.24, 2.45) is 11.3 Å². The molecule has 2 unspecified atom stereocenters. The van der Waals surface area contributed by atoms with E-state index in [0.29, 0.717) is 11.5 Å². The topological polar surface area (TPSA) is 9.72 Å². The Kier molecular flexibility index (Phi) is 4.62. The molecule has 4 aliphatic rings. The standard InChI is InChI=1S/C22H35N3/c1-4-21(24-15-12-22(13-16-24)10-5-6-11-22)25-14-9-19-8-7-18(2)23(3)20(19)17-25/h19-20H,1-2,5-17H2,3H3. The fourth-order valence-corrected chi connectivity index (χ4v) is 5.95. The zero-order chi connectivity index (χ0) is 17.4. The molecule has 0 aromatic carbocycles. The van der Waals surface area contributed by atoms with Gasteiger partial charge in [0.25, 0.3) is 0 Å². The largest absolute Gasteiger partial charge is 0.373 e. The molecule has 2 atom stereocenters. The lowest BCUT2D eigenvalue weighted by molar-refractivity contribution is 0.0442. The van der Waals surface area contributed by atoms with Gasteiger partial charge in [-0.2, -0.15) is 0 Å². The number of rotatable bonds is 2. The van der Waals surface area contributed by atoms with Crippen molar-refractivity contribution in [3.8, 4) is 0 Å². The van der Waals surface area contributed by atoms with Crippen molar-refractivity contribution in [3.05, 3.63) is 30.4 Å². The van der Waals surface area contributed by atoms with Crippen LogP contribution in [0, 0.1) is 11.3 Å². The van der Waals surface area contributed by atoms with Gasteiger partial charge in [0, 0.05) is 45.0 Å². The summed E-state index contributed by atoms with van der Waals surface area (Å²) in [5.41, 5.74) is 5.31. The Bertz CT molecular complexity index is 558. The zero-order valence-electron chi connectivity index (χ0n) is 16.1. The number of hydrogen-bond donors (Lipinski definition) is 0. The number of hydrogen-bond acceptors (Lipinski definition) is 3. The maximum absolute atomic E-state index is 4.27. The molecule has 3 aliphatic heterocycles. The Balaban J connectivity index is 1.42. The van der Waals surface area contributed by atoms with Crippen LogP contribution >= 0.6 is 0 Å². The quantitative estimate of drug-likeness (QED) is 0.697. The van der Waals surface area contributed by atoms with E-state index in [2.05, 4.69) is 40.6 Å². The van der Waals surface area contributed by atoms with E-state index in [1.54, 1.807) is 0 Å². The van der Waals surface area contributed by atoms with E-state index in [-0.39, 0.29) is 0 Å². The van der Waals surface area contributed by atoms with Gasteiger partial charge in [0.15, 0.2) is 0 Å². The molecule has 0 bridgehead atoms. The molecule has 0 aromatic rings. The van der Waals surface area contributed by atoms with Gasteiger partial charge in [-0.05, 0) is 56.3 Å². The van der Waals surface area contributed by atoms with Gasteiger partial charge in [0.1, 0.15) is 5.82 Å². The number of allylic oxidation sites excluding steroid dienone is 1. The van der Waals surface area contributed by atoms with E-state index in [9.17, 15) is 0 Å². The number of nitrogens with zero attached hydrogens (tertiary/aromatic N) is 3. The van der Waals surface area contributed by atoms with Gasteiger partial charge in [0.05, 0.1) is 0 Å². The van der Waals surface area contributed by atoms with Crippen molar-refractivity contribution < 1.29 is 0 Å². The third-order valence-corrected chi connectivity index (χ3v) is 7.77. The molecule has 1 saturated carbocycles. The smallest absolute Gasteiger partial charge is 0.148 e. The van der Waals surface area contributed by atoms with Gasteiger partial charge >= 0.3 is 0 Å². The van der Waals surface area contributed by atoms with Crippen LogP contribution in [0.2, 0.25) is 0 Å². The Morgan fingerprint density at radius 1 is 1.04 bits per heavy atom. The van der Waals surface area contributed by atoms with Crippen LogP contribution in [0.3, 0.4) is 0 Å². The molecule has 3 saturated heterocycles. The monoisotopic (exact) mass is 341 g/mol. The third-order valence-electron chi connectivity index (χ3n) is 7.77. The van der Waals surface area contributed by atoms with Crippen molar-refractivity contribution in [2.75, 3.05) is 33.2 Å². The lowest BCUT2D eigenvalue weighted by atomic mass is 9.77. The molecule has 0 aromatic heterocycles. The van der Waals surface area contributed by atoms with E-state index < -0.39 is 0 Å². The second-order valence-corrected chi connectivity index (χ2v) is 8.97. The SMILES string of the molecule is C=C=C(N1CCC2(CCCC2)CC1)N1CCC2CCC(=C)N(C)C2C1. The van der Waals surface area contributed by atoms with Gasteiger partial charge in [-0.25, -0.2) is 0 Å². The highest BCUT2D eigenvalue weighted by Gasteiger charge is 2.40. The fraction of sp³-hybridized carbons (Fsp3) is 0.773. The molecule has 1 spiro atoms. The first-order valence-corrected chi connectivity index (χ1v) is 10.4. The average Bonchev–Trinajstić information content (AvgIpc) is 3.09. The van der Waals surface area contributed by atoms with Crippen molar-refractivity contribution in [2.45, 2.75) is 63.8 Å². The van der Waals surface area contributed by atoms with Crippen molar-refractivity contribution in [1.82, 2.24) is 14.7 Å². The summed E-state index contributed by atoms with van der Waals surface area (Å²) in [5, 5.41) is 0. The van der Waals surface area contributed by atoms with Crippen LogP contribution in [-0.4, -0.2) is 54.0 Å². The molecule has 138 valence electrons. The second-order valence-electron chi connectivity index (χ2n) is 8.97. The van der Waals surface area contributed by atoms with Gasteiger partial charge in [-0.3, -0.25) is 0 Å². The van der Waals surface area contributed by atoms with Gasteiger partial charge in [-0.15, -0.1) is 0 Å². The summed E-state index contributed by atoms with van der Waals surface area (Å²) >= 11 is 0. The molecule has 4 fully saturated rings. The third kappa shape index (κ3) is 3.12. The first kappa shape index (κ1) is 17.1. The molecule has 3 heteroatoms. The Morgan fingerprint density at radius 3 is 2.44 bits per heavy atom. The maximum Gasteiger partial charge on any atom is 0.148 e. The Hall–Kier alpha value is -1.34. The fourth-order valence-electron chi connectivity index (χ4n) is 5.95. The molecule has 3 nitrogen and oxygen atoms in total. The molecular weight excluding hydrogens is 306 g/mol. The van der Waals surface area contributed by atoms with Crippen molar-refractivity contribution in [1.29, 1.82) is 0 Å². The predicted molar refractivity (Wildman–Crippen MR) is 104 cm³/mol. The lowest BCUT2D eigenvalue weighted by Crippen LogP contribution is -2.54. The molecule has 3 heterocycles.